The zero-order valence-electron chi connectivity index (χ0n) is 13.5. The highest BCUT2D eigenvalue weighted by Gasteiger charge is 2.31. The number of hydrogen-bond acceptors (Lipinski definition) is 3. The molecule has 2 aromatic rings. The van der Waals surface area contributed by atoms with Crippen LogP contribution in [-0.2, 0) is 9.59 Å². The molecule has 1 aliphatic rings. The summed E-state index contributed by atoms with van der Waals surface area (Å²) < 4.78 is 31.8. The van der Waals surface area contributed by atoms with E-state index < -0.39 is 23.6 Å². The lowest BCUT2D eigenvalue weighted by atomic mass is 10.1. The maximum atomic E-state index is 13.2. The van der Waals surface area contributed by atoms with Gasteiger partial charge >= 0.3 is 0 Å². The second kappa shape index (κ2) is 6.88. The fraction of sp³-hybridized carbons (Fsp3) is 0.222. The van der Waals surface area contributed by atoms with Crippen LogP contribution < -0.4 is 15.0 Å². The zero-order valence-corrected chi connectivity index (χ0v) is 13.5. The Labute approximate surface area is 143 Å². The van der Waals surface area contributed by atoms with Gasteiger partial charge in [0, 0.05) is 24.7 Å². The Hall–Kier alpha value is -2.96. The van der Waals surface area contributed by atoms with Crippen molar-refractivity contribution in [2.45, 2.75) is 19.4 Å². The number of fused-ring (bicyclic) bond motifs is 1. The number of nitrogens with zero attached hydrogens (tertiary/aromatic N) is 1. The summed E-state index contributed by atoms with van der Waals surface area (Å²) in [4.78, 5) is 25.9. The summed E-state index contributed by atoms with van der Waals surface area (Å²) in [7, 11) is 0. The van der Waals surface area contributed by atoms with Crippen LogP contribution in [0.5, 0.6) is 5.75 Å². The van der Waals surface area contributed by atoms with Gasteiger partial charge in [-0.3, -0.25) is 9.59 Å². The van der Waals surface area contributed by atoms with Crippen molar-refractivity contribution in [3.63, 3.8) is 0 Å². The minimum absolute atomic E-state index is 0.0229. The van der Waals surface area contributed by atoms with E-state index in [1.807, 2.05) is 0 Å². The number of amides is 2. The standard InChI is InChI=1S/C18H16F2N2O3/c1-11-18(24)22(15-4-2-3-5-16(15)25-11)7-6-17(23)21-14-9-12(19)8-13(20)10-14/h2-5,8-11H,6-7H2,1H3,(H,21,23)/t11-/m0/s1. The maximum absolute atomic E-state index is 13.2. The summed E-state index contributed by atoms with van der Waals surface area (Å²) in [5.74, 6) is -1.68. The molecule has 1 N–H and O–H groups in total. The van der Waals surface area contributed by atoms with Crippen molar-refractivity contribution in [2.75, 3.05) is 16.8 Å². The third-order valence-electron chi connectivity index (χ3n) is 3.78. The Morgan fingerprint density at radius 1 is 1.20 bits per heavy atom. The molecular weight excluding hydrogens is 330 g/mol. The summed E-state index contributed by atoms with van der Waals surface area (Å²) in [5.41, 5.74) is 0.625. The van der Waals surface area contributed by atoms with Crippen LogP contribution in [0.25, 0.3) is 0 Å². The summed E-state index contributed by atoms with van der Waals surface area (Å²) in [6.45, 7) is 1.77. The predicted octanol–water partition coefficient (Wildman–Crippen LogP) is 3.11. The molecular formula is C18H16F2N2O3. The molecule has 1 heterocycles. The Balaban J connectivity index is 1.68. The van der Waals surface area contributed by atoms with Crippen LogP contribution >= 0.6 is 0 Å². The van der Waals surface area contributed by atoms with Crippen LogP contribution in [0.2, 0.25) is 0 Å². The van der Waals surface area contributed by atoms with E-state index in [1.54, 1.807) is 31.2 Å². The Morgan fingerprint density at radius 3 is 2.60 bits per heavy atom. The van der Waals surface area contributed by atoms with E-state index in [1.165, 1.54) is 4.90 Å². The first-order valence-corrected chi connectivity index (χ1v) is 7.77. The Morgan fingerprint density at radius 2 is 1.88 bits per heavy atom. The third kappa shape index (κ3) is 3.76. The Bertz CT molecular complexity index is 805. The lowest BCUT2D eigenvalue weighted by Crippen LogP contribution is -2.45. The molecule has 0 saturated carbocycles. The lowest BCUT2D eigenvalue weighted by molar-refractivity contribution is -0.125. The first-order chi connectivity index (χ1) is 11.9. The quantitative estimate of drug-likeness (QED) is 0.925. The van der Waals surface area contributed by atoms with Crippen molar-refractivity contribution < 1.29 is 23.1 Å². The molecule has 1 atom stereocenters. The minimum Gasteiger partial charge on any atom is -0.479 e. The number of nitrogens with one attached hydrogen (secondary N) is 1. The largest absolute Gasteiger partial charge is 0.479 e. The number of carbonyl (C=O) groups is 2. The molecule has 0 fully saturated rings. The van der Waals surface area contributed by atoms with E-state index in [4.69, 9.17) is 4.74 Å². The fourth-order valence-electron chi connectivity index (χ4n) is 2.65. The van der Waals surface area contributed by atoms with Gasteiger partial charge in [0.15, 0.2) is 6.10 Å². The summed E-state index contributed by atoms with van der Waals surface area (Å²) in [5, 5.41) is 2.43. The van der Waals surface area contributed by atoms with E-state index in [2.05, 4.69) is 5.32 Å². The minimum atomic E-state index is -0.776. The third-order valence-corrected chi connectivity index (χ3v) is 3.78. The van der Waals surface area contributed by atoms with Gasteiger partial charge in [-0.1, -0.05) is 12.1 Å². The van der Waals surface area contributed by atoms with Crippen LogP contribution in [0.1, 0.15) is 13.3 Å². The van der Waals surface area contributed by atoms with Gasteiger partial charge in [0.2, 0.25) is 5.91 Å². The number of halogens is 2. The molecule has 0 spiro atoms. The molecule has 25 heavy (non-hydrogen) atoms. The smallest absolute Gasteiger partial charge is 0.267 e. The first kappa shape index (κ1) is 16.9. The number of para-hydroxylation sites is 2. The zero-order chi connectivity index (χ0) is 18.0. The monoisotopic (exact) mass is 346 g/mol. The van der Waals surface area contributed by atoms with Crippen LogP contribution in [0.15, 0.2) is 42.5 Å². The van der Waals surface area contributed by atoms with Crippen molar-refractivity contribution in [1.82, 2.24) is 0 Å². The Kier molecular flexibility index (Phi) is 4.65. The molecule has 2 amide bonds. The van der Waals surface area contributed by atoms with Crippen molar-refractivity contribution in [3.05, 3.63) is 54.1 Å². The topological polar surface area (TPSA) is 58.6 Å². The second-order valence-electron chi connectivity index (χ2n) is 5.67. The molecule has 1 aliphatic heterocycles. The molecule has 0 unspecified atom stereocenters. The van der Waals surface area contributed by atoms with E-state index in [0.29, 0.717) is 11.4 Å². The molecule has 0 saturated heterocycles. The molecule has 0 bridgehead atoms. The van der Waals surface area contributed by atoms with Crippen LogP contribution in [-0.4, -0.2) is 24.5 Å². The number of ether oxygens (including phenoxy) is 1. The highest BCUT2D eigenvalue weighted by atomic mass is 19.1. The SMILES string of the molecule is C[C@@H]1Oc2ccccc2N(CCC(=O)Nc2cc(F)cc(F)c2)C1=O. The van der Waals surface area contributed by atoms with Crippen molar-refractivity contribution in [3.8, 4) is 5.75 Å². The number of carbonyl (C=O) groups excluding carboxylic acids is 2. The number of benzene rings is 2. The van der Waals surface area contributed by atoms with Crippen molar-refractivity contribution in [1.29, 1.82) is 0 Å². The van der Waals surface area contributed by atoms with E-state index in [-0.39, 0.29) is 24.6 Å². The van der Waals surface area contributed by atoms with Gasteiger partial charge in [0.05, 0.1) is 5.69 Å². The van der Waals surface area contributed by atoms with E-state index >= 15 is 0 Å². The molecule has 0 aliphatic carbocycles. The van der Waals surface area contributed by atoms with Crippen LogP contribution in [0.4, 0.5) is 20.2 Å². The first-order valence-electron chi connectivity index (χ1n) is 7.77. The van der Waals surface area contributed by atoms with Gasteiger partial charge in [-0.2, -0.15) is 0 Å². The van der Waals surface area contributed by atoms with Gasteiger partial charge in [0.1, 0.15) is 17.4 Å². The number of anilines is 2. The number of hydrogen-bond donors (Lipinski definition) is 1. The van der Waals surface area contributed by atoms with Gasteiger partial charge in [-0.05, 0) is 31.2 Å². The van der Waals surface area contributed by atoms with Gasteiger partial charge in [0.25, 0.3) is 5.91 Å². The van der Waals surface area contributed by atoms with E-state index in [0.717, 1.165) is 18.2 Å². The van der Waals surface area contributed by atoms with Gasteiger partial charge in [-0.25, -0.2) is 8.78 Å². The average molecular weight is 346 g/mol. The summed E-state index contributed by atoms with van der Waals surface area (Å²) in [6, 6.07) is 9.83. The van der Waals surface area contributed by atoms with Gasteiger partial charge < -0.3 is 15.0 Å². The van der Waals surface area contributed by atoms with Crippen LogP contribution in [0.3, 0.4) is 0 Å². The summed E-state index contributed by atoms with van der Waals surface area (Å²) >= 11 is 0. The lowest BCUT2D eigenvalue weighted by Gasteiger charge is -2.32. The van der Waals surface area contributed by atoms with E-state index in [9.17, 15) is 18.4 Å². The average Bonchev–Trinajstić information content (AvgIpc) is 2.54. The fourth-order valence-corrected chi connectivity index (χ4v) is 2.65. The highest BCUT2D eigenvalue weighted by Crippen LogP contribution is 2.33. The molecule has 130 valence electrons. The molecule has 7 heteroatoms. The van der Waals surface area contributed by atoms with Crippen molar-refractivity contribution in [2.24, 2.45) is 0 Å². The maximum Gasteiger partial charge on any atom is 0.267 e. The van der Waals surface area contributed by atoms with Gasteiger partial charge in [-0.15, -0.1) is 0 Å². The second-order valence-corrected chi connectivity index (χ2v) is 5.67. The highest BCUT2D eigenvalue weighted by molar-refractivity contribution is 6.00. The predicted molar refractivity (Wildman–Crippen MR) is 88.5 cm³/mol. The molecule has 2 aromatic carbocycles. The molecule has 3 rings (SSSR count). The molecule has 0 radical (unpaired) electrons. The number of rotatable bonds is 4. The normalized spacial score (nSPS) is 16.2. The van der Waals surface area contributed by atoms with Crippen LogP contribution in [0, 0.1) is 11.6 Å². The molecule has 0 aromatic heterocycles. The van der Waals surface area contributed by atoms with Crippen molar-refractivity contribution >= 4 is 23.2 Å². The summed E-state index contributed by atoms with van der Waals surface area (Å²) in [6.07, 6.45) is -0.666. The molecule has 5 nitrogen and oxygen atoms in total.